The molecular weight excluding hydrogens is 330 g/mol. The van der Waals surface area contributed by atoms with Crippen molar-refractivity contribution in [2.24, 2.45) is 11.8 Å². The molecular formula is C19H23N5O2. The highest BCUT2D eigenvalue weighted by Crippen LogP contribution is 2.23. The molecule has 0 saturated carbocycles. The Balaban J connectivity index is 1.65. The van der Waals surface area contributed by atoms with E-state index in [1.54, 1.807) is 10.9 Å². The normalized spacial score (nSPS) is 21.3. The van der Waals surface area contributed by atoms with Gasteiger partial charge in [-0.1, -0.05) is 25.1 Å². The second-order valence-electron chi connectivity index (χ2n) is 7.09. The summed E-state index contributed by atoms with van der Waals surface area (Å²) < 4.78 is 1.70. The van der Waals surface area contributed by atoms with E-state index >= 15 is 0 Å². The van der Waals surface area contributed by atoms with Crippen molar-refractivity contribution in [3.05, 3.63) is 52.7 Å². The van der Waals surface area contributed by atoms with Crippen molar-refractivity contribution in [1.82, 2.24) is 24.6 Å². The van der Waals surface area contributed by atoms with E-state index in [4.69, 9.17) is 0 Å². The van der Waals surface area contributed by atoms with Crippen LogP contribution >= 0.6 is 0 Å². The Morgan fingerprint density at radius 3 is 2.88 bits per heavy atom. The minimum Gasteiger partial charge on any atom is -0.396 e. The monoisotopic (exact) mass is 353 g/mol. The maximum atomic E-state index is 12.5. The maximum Gasteiger partial charge on any atom is 0.262 e. The molecule has 136 valence electrons. The quantitative estimate of drug-likeness (QED) is 0.743. The zero-order chi connectivity index (χ0) is 18.1. The van der Waals surface area contributed by atoms with Crippen LogP contribution in [0.1, 0.15) is 19.2 Å². The van der Waals surface area contributed by atoms with Gasteiger partial charge in [0.15, 0.2) is 5.65 Å². The van der Waals surface area contributed by atoms with Crippen molar-refractivity contribution in [1.29, 1.82) is 0 Å². The van der Waals surface area contributed by atoms with Crippen LogP contribution in [0.4, 0.5) is 0 Å². The molecule has 1 aromatic carbocycles. The summed E-state index contributed by atoms with van der Waals surface area (Å²) in [5.41, 5.74) is 1.27. The molecule has 2 aromatic heterocycles. The van der Waals surface area contributed by atoms with Crippen molar-refractivity contribution in [2.75, 3.05) is 19.7 Å². The first-order valence-electron chi connectivity index (χ1n) is 9.01. The van der Waals surface area contributed by atoms with Gasteiger partial charge in [0.1, 0.15) is 11.2 Å². The number of nitrogens with zero attached hydrogens (tertiary/aromatic N) is 4. The van der Waals surface area contributed by atoms with Crippen LogP contribution in [-0.4, -0.2) is 49.5 Å². The van der Waals surface area contributed by atoms with E-state index in [0.29, 0.717) is 29.3 Å². The summed E-state index contributed by atoms with van der Waals surface area (Å²) in [7, 11) is 0. The molecule has 0 bridgehead atoms. The number of aromatic amines is 1. The van der Waals surface area contributed by atoms with E-state index in [1.807, 2.05) is 30.3 Å². The van der Waals surface area contributed by atoms with Crippen molar-refractivity contribution in [2.45, 2.75) is 19.9 Å². The van der Waals surface area contributed by atoms with E-state index in [0.717, 1.165) is 25.2 Å². The fraction of sp³-hybridized carbons (Fsp3) is 0.421. The second-order valence-corrected chi connectivity index (χ2v) is 7.09. The predicted octanol–water partition coefficient (Wildman–Crippen LogP) is 1.56. The third-order valence-corrected chi connectivity index (χ3v) is 5.29. The van der Waals surface area contributed by atoms with Crippen LogP contribution in [0.5, 0.6) is 0 Å². The number of fused-ring (bicyclic) bond motifs is 1. The molecule has 0 spiro atoms. The number of hydrogen-bond acceptors (Lipinski definition) is 5. The molecule has 0 aliphatic carbocycles. The lowest BCUT2D eigenvalue weighted by molar-refractivity contribution is 0.0744. The minimum absolute atomic E-state index is 0.170. The standard InChI is InChI=1S/C19H23N5O2/c1-13-7-8-23(10-14(13)12-25)11-17-21-18-16(19(26)22-17)9-20-24(18)15-5-3-2-4-6-15/h2-6,9,13-14,25H,7-8,10-12H2,1H3,(H,21,22,26). The number of aromatic nitrogens is 4. The van der Waals surface area contributed by atoms with Crippen LogP contribution in [0.3, 0.4) is 0 Å². The van der Waals surface area contributed by atoms with Gasteiger partial charge < -0.3 is 10.1 Å². The molecule has 7 nitrogen and oxygen atoms in total. The van der Waals surface area contributed by atoms with Crippen LogP contribution in [0.2, 0.25) is 0 Å². The fourth-order valence-electron chi connectivity index (χ4n) is 3.61. The van der Waals surface area contributed by atoms with Crippen molar-refractivity contribution >= 4 is 11.0 Å². The number of para-hydroxylation sites is 1. The first-order valence-corrected chi connectivity index (χ1v) is 9.01. The summed E-state index contributed by atoms with van der Waals surface area (Å²) in [5.74, 6) is 1.42. The molecule has 2 N–H and O–H groups in total. The van der Waals surface area contributed by atoms with Gasteiger partial charge in [0, 0.05) is 13.2 Å². The Bertz CT molecular complexity index is 949. The van der Waals surface area contributed by atoms with E-state index < -0.39 is 0 Å². The Labute approximate surface area is 151 Å². The van der Waals surface area contributed by atoms with Gasteiger partial charge in [0.05, 0.1) is 18.4 Å². The second kappa shape index (κ2) is 7.01. The molecule has 0 amide bonds. The summed E-state index contributed by atoms with van der Waals surface area (Å²) in [4.78, 5) is 22.3. The van der Waals surface area contributed by atoms with Gasteiger partial charge in [-0.3, -0.25) is 9.69 Å². The highest BCUT2D eigenvalue weighted by molar-refractivity contribution is 5.75. The van der Waals surface area contributed by atoms with Crippen molar-refractivity contribution < 1.29 is 5.11 Å². The molecule has 1 saturated heterocycles. The summed E-state index contributed by atoms with van der Waals surface area (Å²) in [6.07, 6.45) is 2.60. The lowest BCUT2D eigenvalue weighted by Gasteiger charge is -2.35. The smallest absolute Gasteiger partial charge is 0.262 e. The molecule has 7 heteroatoms. The van der Waals surface area contributed by atoms with Crippen LogP contribution in [0.25, 0.3) is 16.7 Å². The molecule has 3 aromatic rings. The first kappa shape index (κ1) is 16.9. The van der Waals surface area contributed by atoms with E-state index in [9.17, 15) is 9.90 Å². The third-order valence-electron chi connectivity index (χ3n) is 5.29. The SMILES string of the molecule is CC1CCN(Cc2nc3c(cnn3-c3ccccc3)c(=O)[nH]2)CC1CO. The topological polar surface area (TPSA) is 87.0 Å². The van der Waals surface area contributed by atoms with Gasteiger partial charge >= 0.3 is 0 Å². The lowest BCUT2D eigenvalue weighted by Crippen LogP contribution is -2.41. The van der Waals surface area contributed by atoms with Crippen LogP contribution < -0.4 is 5.56 Å². The molecule has 1 aliphatic heterocycles. The summed E-state index contributed by atoms with van der Waals surface area (Å²) in [6.45, 7) is 4.70. The molecule has 1 fully saturated rings. The van der Waals surface area contributed by atoms with E-state index in [1.165, 1.54) is 0 Å². The number of hydrogen-bond donors (Lipinski definition) is 2. The van der Waals surface area contributed by atoms with Gasteiger partial charge in [-0.2, -0.15) is 5.10 Å². The number of benzene rings is 1. The Morgan fingerprint density at radius 2 is 2.12 bits per heavy atom. The number of rotatable bonds is 4. The first-order chi connectivity index (χ1) is 12.7. The molecule has 2 unspecified atom stereocenters. The van der Waals surface area contributed by atoms with Gasteiger partial charge in [-0.05, 0) is 36.9 Å². The third kappa shape index (κ3) is 3.15. The molecule has 0 radical (unpaired) electrons. The number of likely N-dealkylation sites (tertiary alicyclic amines) is 1. The summed E-state index contributed by atoms with van der Waals surface area (Å²) in [5, 5.41) is 14.4. The predicted molar refractivity (Wildman–Crippen MR) is 99.1 cm³/mol. The van der Waals surface area contributed by atoms with Gasteiger partial charge in [0.2, 0.25) is 0 Å². The number of aliphatic hydroxyl groups excluding tert-OH is 1. The molecule has 26 heavy (non-hydrogen) atoms. The van der Waals surface area contributed by atoms with Crippen molar-refractivity contribution in [3.63, 3.8) is 0 Å². The summed E-state index contributed by atoms with van der Waals surface area (Å²) in [6, 6.07) is 9.68. The zero-order valence-corrected chi connectivity index (χ0v) is 14.8. The van der Waals surface area contributed by atoms with E-state index in [-0.39, 0.29) is 18.1 Å². The van der Waals surface area contributed by atoms with Gasteiger partial charge in [-0.25, -0.2) is 9.67 Å². The summed E-state index contributed by atoms with van der Waals surface area (Å²) >= 11 is 0. The average molecular weight is 353 g/mol. The lowest BCUT2D eigenvalue weighted by atomic mass is 9.88. The number of piperidine rings is 1. The van der Waals surface area contributed by atoms with Crippen molar-refractivity contribution in [3.8, 4) is 5.69 Å². The maximum absolute atomic E-state index is 12.5. The Morgan fingerprint density at radius 1 is 1.31 bits per heavy atom. The molecule has 4 rings (SSSR count). The Hall–Kier alpha value is -2.51. The van der Waals surface area contributed by atoms with Crippen LogP contribution in [0.15, 0.2) is 41.3 Å². The molecule has 2 atom stereocenters. The average Bonchev–Trinajstić information content (AvgIpc) is 3.08. The molecule has 3 heterocycles. The van der Waals surface area contributed by atoms with Gasteiger partial charge in [-0.15, -0.1) is 0 Å². The highest BCUT2D eigenvalue weighted by Gasteiger charge is 2.26. The number of H-pyrrole nitrogens is 1. The van der Waals surface area contributed by atoms with E-state index in [2.05, 4.69) is 26.9 Å². The Kier molecular flexibility index (Phi) is 4.57. The molecule has 1 aliphatic rings. The highest BCUT2D eigenvalue weighted by atomic mass is 16.3. The van der Waals surface area contributed by atoms with Crippen LogP contribution in [-0.2, 0) is 6.54 Å². The number of nitrogens with one attached hydrogen (secondary N) is 1. The zero-order valence-electron chi connectivity index (χ0n) is 14.8. The van der Waals surface area contributed by atoms with Gasteiger partial charge in [0.25, 0.3) is 5.56 Å². The minimum atomic E-state index is -0.170. The van der Waals surface area contributed by atoms with Crippen LogP contribution in [0, 0.1) is 11.8 Å². The largest absolute Gasteiger partial charge is 0.396 e. The fourth-order valence-corrected chi connectivity index (χ4v) is 3.61. The number of aliphatic hydroxyl groups is 1.